The van der Waals surface area contributed by atoms with E-state index in [1.54, 1.807) is 48.6 Å². The summed E-state index contributed by atoms with van der Waals surface area (Å²) in [6.45, 7) is 9.44. The number of likely N-dealkylation sites (tertiary alicyclic amines) is 2. The lowest BCUT2D eigenvalue weighted by molar-refractivity contribution is -0.234. The highest BCUT2D eigenvalue weighted by molar-refractivity contribution is 7.13. The molecule has 2 aromatic carbocycles. The lowest BCUT2D eigenvalue weighted by Gasteiger charge is -2.48. The summed E-state index contributed by atoms with van der Waals surface area (Å²) in [7, 11) is 0. The van der Waals surface area contributed by atoms with Gasteiger partial charge >= 0.3 is 12.2 Å². The molecule has 0 spiro atoms. The molecule has 8 heterocycles. The Bertz CT molecular complexity index is 3220. The Morgan fingerprint density at radius 3 is 2.38 bits per heavy atom. The minimum atomic E-state index is -4.57. The summed E-state index contributed by atoms with van der Waals surface area (Å²) in [6, 6.07) is 9.85. The van der Waals surface area contributed by atoms with E-state index in [-0.39, 0.29) is 90.5 Å². The first-order valence-corrected chi connectivity index (χ1v) is 27.2. The molecule has 23 heteroatoms. The Labute approximate surface area is 451 Å². The monoisotopic (exact) mass is 1100 g/mol. The van der Waals surface area contributed by atoms with Crippen LogP contribution in [0.15, 0.2) is 60.2 Å². The van der Waals surface area contributed by atoms with Crippen LogP contribution in [0, 0.1) is 29.9 Å². The van der Waals surface area contributed by atoms with Crippen LogP contribution >= 0.6 is 11.3 Å². The van der Waals surface area contributed by atoms with Crippen LogP contribution < -0.4 is 31.3 Å². The van der Waals surface area contributed by atoms with Gasteiger partial charge in [0, 0.05) is 62.7 Å². The van der Waals surface area contributed by atoms with Gasteiger partial charge in [0.2, 0.25) is 17.7 Å². The van der Waals surface area contributed by atoms with E-state index in [4.69, 9.17) is 10.5 Å². The van der Waals surface area contributed by atoms with Gasteiger partial charge in [-0.05, 0) is 80.1 Å². The number of aliphatic hydroxyl groups is 1. The smallest absolute Gasteiger partial charge is 0.394 e. The van der Waals surface area contributed by atoms with Crippen molar-refractivity contribution in [2.75, 3.05) is 50.0 Å². The normalized spacial score (nSPS) is 22.4. The molecule has 4 aromatic heterocycles. The number of thiazole rings is 1. The lowest BCUT2D eigenvalue weighted by Crippen LogP contribution is -2.63. The van der Waals surface area contributed by atoms with Gasteiger partial charge in [-0.2, -0.15) is 23.1 Å². The Kier molecular flexibility index (Phi) is 15.3. The van der Waals surface area contributed by atoms with Crippen molar-refractivity contribution in [1.29, 1.82) is 0 Å². The van der Waals surface area contributed by atoms with E-state index in [1.807, 2.05) is 43.0 Å². The summed E-state index contributed by atoms with van der Waals surface area (Å²) < 4.78 is 81.8. The lowest BCUT2D eigenvalue weighted by atomic mass is 9.85. The Hall–Kier alpha value is -6.69. The Balaban J connectivity index is 0.790. The second-order valence-electron chi connectivity index (χ2n) is 22.1. The van der Waals surface area contributed by atoms with E-state index < -0.39 is 83.7 Å². The number of fused-ring (bicyclic) bond motifs is 4. The summed E-state index contributed by atoms with van der Waals surface area (Å²) in [6.07, 6.45) is -1.74. The molecule has 0 aliphatic carbocycles. The van der Waals surface area contributed by atoms with Crippen LogP contribution in [0.3, 0.4) is 0 Å². The number of rotatable bonds is 16. The molecule has 4 aliphatic rings. The van der Waals surface area contributed by atoms with Gasteiger partial charge in [0.25, 0.3) is 0 Å². The molecule has 2 unspecified atom stereocenters. The van der Waals surface area contributed by atoms with Crippen molar-refractivity contribution in [3.8, 4) is 27.8 Å². The molecule has 3 amide bonds. The molecule has 0 saturated carbocycles. The second-order valence-corrected chi connectivity index (χ2v) is 23.0. The van der Waals surface area contributed by atoms with Gasteiger partial charge in [-0.3, -0.25) is 24.3 Å². The van der Waals surface area contributed by atoms with Crippen molar-refractivity contribution >= 4 is 62.4 Å². The number of nitrogens with two attached hydrogens (primary N) is 1. The van der Waals surface area contributed by atoms with Gasteiger partial charge in [0.15, 0.2) is 5.82 Å². The molecular formula is C55H63F5N12O5S. The largest absolute Gasteiger partial charge is 0.462 e. The summed E-state index contributed by atoms with van der Waals surface area (Å²) in [5.41, 5.74) is 9.13. The number of piperazine rings is 1. The quantitative estimate of drug-likeness (QED) is 0.0477. The van der Waals surface area contributed by atoms with E-state index in [2.05, 4.69) is 40.9 Å². The van der Waals surface area contributed by atoms with Crippen LogP contribution in [0.25, 0.3) is 43.5 Å². The first-order valence-electron chi connectivity index (χ1n) is 26.4. The predicted octanol–water partition coefficient (Wildman–Crippen LogP) is 7.25. The highest BCUT2D eigenvalue weighted by atomic mass is 32.1. The van der Waals surface area contributed by atoms with Crippen molar-refractivity contribution in [1.82, 2.24) is 50.7 Å². The minimum Gasteiger partial charge on any atom is -0.462 e. The van der Waals surface area contributed by atoms with Crippen molar-refractivity contribution < 1.29 is 46.2 Å². The molecule has 10 rings (SSSR count). The number of β-amino-alcohol motifs (C(OH)–C–C–N with tert-alkyl or cyclic N) is 1. The van der Waals surface area contributed by atoms with Crippen LogP contribution in [0.5, 0.6) is 6.01 Å². The molecule has 6 aromatic rings. The van der Waals surface area contributed by atoms with Gasteiger partial charge in [-0.15, -0.1) is 11.3 Å². The van der Waals surface area contributed by atoms with Crippen LogP contribution in [0.1, 0.15) is 83.5 Å². The third-order valence-electron chi connectivity index (χ3n) is 15.5. The number of anilines is 2. The van der Waals surface area contributed by atoms with Crippen molar-refractivity contribution in [2.24, 2.45) is 11.3 Å². The van der Waals surface area contributed by atoms with E-state index in [1.165, 1.54) is 29.3 Å². The standard InChI is InChI=1S/C55H63F5N12O5S/c1-28(30-12-14-31(15-13-30)48-29(2)63-27-78-48)64-51(75)39-20-35(73)24-72(39)52(76)49(54(3,4)5)67-42(74)11-6-7-18-70-25-37(55(58,59)60)40(70)26-77-53-68-45-36(50(69-53)71-22-33-16-17-34(23-71)65-33)21-62-47(44(45)57)46-43-32(19-41(61)66-46)9-8-10-38(43)56/h8-10,12-15,19,21,27-28,33-35,37,39-40,49,65,73H,6-7,11,16-18,20,22-26H2,1-5H3,(H2,61,66)(H,64,75)(H,67,74)/t28-,33?,34?,35+,37+,39-,40+,49+/m0/s1. The number of ether oxygens (including phenoxy) is 1. The van der Waals surface area contributed by atoms with Gasteiger partial charge in [0.1, 0.15) is 53.0 Å². The number of nitrogen functional groups attached to an aromatic ring is 1. The van der Waals surface area contributed by atoms with E-state index in [0.717, 1.165) is 34.5 Å². The number of alkyl halides is 3. The number of aliphatic hydroxyl groups excluding tert-OH is 1. The van der Waals surface area contributed by atoms with Crippen LogP contribution in [0.2, 0.25) is 0 Å². The predicted molar refractivity (Wildman–Crippen MR) is 285 cm³/mol. The number of amides is 3. The molecule has 4 saturated heterocycles. The molecule has 4 fully saturated rings. The number of aryl methyl sites for hydroxylation is 1. The zero-order valence-corrected chi connectivity index (χ0v) is 44.7. The number of hydrogen-bond donors (Lipinski definition) is 5. The number of carbonyl (C=O) groups excluding carboxylic acids is 3. The van der Waals surface area contributed by atoms with Gasteiger partial charge in [-0.1, -0.05) is 57.2 Å². The highest BCUT2D eigenvalue weighted by Gasteiger charge is 2.54. The van der Waals surface area contributed by atoms with Crippen LogP contribution in [-0.4, -0.2) is 139 Å². The molecule has 17 nitrogen and oxygen atoms in total. The summed E-state index contributed by atoms with van der Waals surface area (Å²) in [5.74, 6) is -4.49. The Morgan fingerprint density at radius 2 is 1.69 bits per heavy atom. The number of hydrogen-bond acceptors (Lipinski definition) is 15. The first kappa shape index (κ1) is 54.7. The number of nitrogens with zero attached hydrogens (tertiary/aromatic N) is 8. The number of pyridine rings is 2. The summed E-state index contributed by atoms with van der Waals surface area (Å²) in [4.78, 5) is 69.7. The SMILES string of the molecule is Cc1ncsc1-c1ccc([C@H](C)NC(=O)[C@@H]2C[C@@H](O)CN2C(=O)[C@@H](NC(=O)CCCCN2C[C@@H](C(F)(F)F)[C@H]2COc2nc(N3CC4CCC(C3)N4)c3cnc(-c4nc(N)cc5cccc(F)c45)c(F)c3n2)C(C)(C)C)cc1. The van der Waals surface area contributed by atoms with E-state index >= 15 is 8.78 Å². The van der Waals surface area contributed by atoms with E-state index in [0.29, 0.717) is 30.7 Å². The van der Waals surface area contributed by atoms with Crippen LogP contribution in [0.4, 0.5) is 33.6 Å². The van der Waals surface area contributed by atoms with Gasteiger partial charge in [0.05, 0.1) is 45.6 Å². The fraction of sp³-hybridized carbons (Fsp3) is 0.491. The number of carbonyl (C=O) groups is 3. The highest BCUT2D eigenvalue weighted by Crippen LogP contribution is 2.41. The molecule has 8 atom stereocenters. The third kappa shape index (κ3) is 11.3. The summed E-state index contributed by atoms with van der Waals surface area (Å²) >= 11 is 1.54. The first-order chi connectivity index (χ1) is 37.1. The van der Waals surface area contributed by atoms with Crippen molar-refractivity contribution in [3.05, 3.63) is 83.1 Å². The Morgan fingerprint density at radius 1 is 0.949 bits per heavy atom. The summed E-state index contributed by atoms with van der Waals surface area (Å²) in [5, 5.41) is 20.7. The zero-order valence-electron chi connectivity index (χ0n) is 43.9. The fourth-order valence-electron chi connectivity index (χ4n) is 11.4. The topological polar surface area (TPSA) is 217 Å². The van der Waals surface area contributed by atoms with Gasteiger partial charge < -0.3 is 41.3 Å². The number of halogens is 5. The number of benzene rings is 2. The molecular weight excluding hydrogens is 1040 g/mol. The number of nitrogens with one attached hydrogen (secondary N) is 3. The third-order valence-corrected chi connectivity index (χ3v) is 16.5. The molecule has 0 radical (unpaired) electrons. The minimum absolute atomic E-state index is 0.00241. The van der Waals surface area contributed by atoms with Gasteiger partial charge in [-0.25, -0.2) is 18.7 Å². The average Bonchev–Trinajstić information content (AvgIpc) is 4.18. The molecule has 414 valence electrons. The number of unbranched alkanes of at least 4 members (excludes halogenated alkanes) is 1. The fourth-order valence-corrected chi connectivity index (χ4v) is 12.2. The average molecular weight is 1100 g/mol. The van der Waals surface area contributed by atoms with Crippen molar-refractivity contribution in [3.63, 3.8) is 0 Å². The van der Waals surface area contributed by atoms with Crippen molar-refractivity contribution in [2.45, 2.75) is 122 Å². The van der Waals surface area contributed by atoms with E-state index in [9.17, 15) is 32.7 Å². The zero-order chi connectivity index (χ0) is 55.4. The maximum atomic E-state index is 17.0. The molecule has 78 heavy (non-hydrogen) atoms. The maximum absolute atomic E-state index is 17.0. The molecule has 2 bridgehead atoms. The second kappa shape index (κ2) is 21.9. The molecule has 4 aliphatic heterocycles. The maximum Gasteiger partial charge on any atom is 0.394 e. The number of aromatic nitrogens is 5. The van der Waals surface area contributed by atoms with Crippen LogP contribution in [-0.2, 0) is 14.4 Å². The molecule has 6 N–H and O–H groups in total.